The number of rotatable bonds is 7. The minimum Gasteiger partial charge on any atom is -0.356 e. The Morgan fingerprint density at radius 3 is 2.60 bits per heavy atom. The number of likely N-dealkylation sites (N-methyl/N-ethyl adjacent to an activating group) is 1. The Balaban J connectivity index is 1.57. The molecule has 5 nitrogen and oxygen atoms in total. The van der Waals surface area contributed by atoms with E-state index in [-0.39, 0.29) is 0 Å². The maximum atomic E-state index is 5.91. The molecule has 2 rings (SSSR count). The molecule has 0 amide bonds. The lowest BCUT2D eigenvalue weighted by molar-refractivity contribution is 0.274. The van der Waals surface area contributed by atoms with E-state index in [1.165, 1.54) is 38.2 Å². The van der Waals surface area contributed by atoms with Gasteiger partial charge >= 0.3 is 0 Å². The van der Waals surface area contributed by atoms with E-state index in [4.69, 9.17) is 11.6 Å². The van der Waals surface area contributed by atoms with E-state index in [0.717, 1.165) is 43.5 Å². The second-order valence-corrected chi connectivity index (χ2v) is 7.09. The first-order chi connectivity index (χ1) is 12.2. The Morgan fingerprint density at radius 1 is 1.08 bits per heavy atom. The largest absolute Gasteiger partial charge is 0.356 e. The molecule has 0 bridgehead atoms. The van der Waals surface area contributed by atoms with Gasteiger partial charge in [0.05, 0.1) is 0 Å². The van der Waals surface area contributed by atoms with Crippen molar-refractivity contribution >= 4 is 17.6 Å². The highest BCUT2D eigenvalue weighted by Gasteiger charge is 2.11. The predicted molar refractivity (Wildman–Crippen MR) is 108 cm³/mol. The maximum absolute atomic E-state index is 5.91. The number of nitrogens with one attached hydrogen (secondary N) is 2. The second kappa shape index (κ2) is 11.3. The highest BCUT2D eigenvalue weighted by molar-refractivity contribution is 6.30. The molecular formula is C19H32ClN5. The highest BCUT2D eigenvalue weighted by atomic mass is 35.5. The first-order valence-corrected chi connectivity index (χ1v) is 9.65. The van der Waals surface area contributed by atoms with Crippen molar-refractivity contribution < 1.29 is 0 Å². The number of aliphatic imine (C=N–C) groups is 1. The number of hydrogen-bond donors (Lipinski definition) is 2. The van der Waals surface area contributed by atoms with Crippen molar-refractivity contribution in [2.45, 2.75) is 19.3 Å². The topological polar surface area (TPSA) is 42.9 Å². The summed E-state index contributed by atoms with van der Waals surface area (Å²) >= 11 is 5.91. The molecule has 0 atom stereocenters. The molecule has 0 saturated carbocycles. The molecule has 0 spiro atoms. The molecule has 1 aromatic carbocycles. The highest BCUT2D eigenvalue weighted by Crippen LogP contribution is 2.09. The Hall–Kier alpha value is -1.30. The van der Waals surface area contributed by atoms with Crippen LogP contribution in [0.5, 0.6) is 0 Å². The van der Waals surface area contributed by atoms with Crippen molar-refractivity contribution in [3.05, 3.63) is 34.9 Å². The van der Waals surface area contributed by atoms with Crippen LogP contribution in [0, 0.1) is 0 Å². The second-order valence-electron chi connectivity index (χ2n) is 6.65. The van der Waals surface area contributed by atoms with Gasteiger partial charge in [0, 0.05) is 38.2 Å². The zero-order valence-electron chi connectivity index (χ0n) is 15.6. The van der Waals surface area contributed by atoms with E-state index in [1.807, 2.05) is 19.2 Å². The molecule has 1 aromatic rings. The fraction of sp³-hybridized carbons (Fsp3) is 0.632. The number of benzene rings is 1. The summed E-state index contributed by atoms with van der Waals surface area (Å²) < 4.78 is 0. The third-order valence-electron chi connectivity index (χ3n) is 4.60. The van der Waals surface area contributed by atoms with Gasteiger partial charge in [-0.2, -0.15) is 0 Å². The van der Waals surface area contributed by atoms with E-state index >= 15 is 0 Å². The minimum absolute atomic E-state index is 0.783. The van der Waals surface area contributed by atoms with E-state index in [9.17, 15) is 0 Å². The Kier molecular flexibility index (Phi) is 9.08. The van der Waals surface area contributed by atoms with Crippen LogP contribution < -0.4 is 10.6 Å². The molecule has 6 heteroatoms. The summed E-state index contributed by atoms with van der Waals surface area (Å²) in [5.41, 5.74) is 1.28. The van der Waals surface area contributed by atoms with E-state index in [0.29, 0.717) is 0 Å². The summed E-state index contributed by atoms with van der Waals surface area (Å²) in [4.78, 5) is 9.29. The average Bonchev–Trinajstić information content (AvgIpc) is 2.83. The van der Waals surface area contributed by atoms with Crippen LogP contribution in [0.3, 0.4) is 0 Å². The van der Waals surface area contributed by atoms with Crippen LogP contribution in [0.25, 0.3) is 0 Å². The Bertz CT molecular complexity index is 517. The fourth-order valence-electron chi connectivity index (χ4n) is 3.03. The zero-order chi connectivity index (χ0) is 17.9. The SMILES string of the molecule is CN=C(NCCCN1CCCN(C)CC1)NCCc1ccc(Cl)cc1. The molecular weight excluding hydrogens is 334 g/mol. The maximum Gasteiger partial charge on any atom is 0.190 e. The average molecular weight is 366 g/mol. The van der Waals surface area contributed by atoms with E-state index < -0.39 is 0 Å². The smallest absolute Gasteiger partial charge is 0.190 e. The van der Waals surface area contributed by atoms with Crippen LogP contribution in [0.15, 0.2) is 29.3 Å². The van der Waals surface area contributed by atoms with Crippen LogP contribution in [0.2, 0.25) is 5.02 Å². The third kappa shape index (κ3) is 8.08. The lowest BCUT2D eigenvalue weighted by Crippen LogP contribution is -2.39. The van der Waals surface area contributed by atoms with Crippen molar-refractivity contribution in [2.24, 2.45) is 4.99 Å². The van der Waals surface area contributed by atoms with Gasteiger partial charge in [0.2, 0.25) is 0 Å². The summed E-state index contributed by atoms with van der Waals surface area (Å²) in [7, 11) is 4.03. The first kappa shape index (κ1) is 20.0. The summed E-state index contributed by atoms with van der Waals surface area (Å²) in [6, 6.07) is 8.01. The normalized spacial score (nSPS) is 17.3. The molecule has 2 N–H and O–H groups in total. The first-order valence-electron chi connectivity index (χ1n) is 9.27. The van der Waals surface area contributed by atoms with Crippen molar-refractivity contribution in [3.8, 4) is 0 Å². The van der Waals surface area contributed by atoms with Crippen LogP contribution in [-0.2, 0) is 6.42 Å². The van der Waals surface area contributed by atoms with Gasteiger partial charge in [-0.15, -0.1) is 0 Å². The van der Waals surface area contributed by atoms with Gasteiger partial charge in [-0.3, -0.25) is 4.99 Å². The molecule has 1 heterocycles. The standard InChI is InChI=1S/C19H32ClN5/c1-21-19(23-11-9-17-5-7-18(20)8-6-17)22-10-3-13-25-14-4-12-24(2)15-16-25/h5-8H,3-4,9-16H2,1-2H3,(H2,21,22,23). The van der Waals surface area contributed by atoms with E-state index in [2.05, 4.69) is 44.6 Å². The van der Waals surface area contributed by atoms with Crippen molar-refractivity contribution in [3.63, 3.8) is 0 Å². The molecule has 0 radical (unpaired) electrons. The quantitative estimate of drug-likeness (QED) is 0.441. The molecule has 140 valence electrons. The fourth-order valence-corrected chi connectivity index (χ4v) is 3.16. The van der Waals surface area contributed by atoms with Gasteiger partial charge in [-0.1, -0.05) is 23.7 Å². The van der Waals surface area contributed by atoms with Crippen molar-refractivity contribution in [1.29, 1.82) is 0 Å². The van der Waals surface area contributed by atoms with Gasteiger partial charge in [-0.25, -0.2) is 0 Å². The summed E-state index contributed by atoms with van der Waals surface area (Å²) in [6.45, 7) is 7.78. The van der Waals surface area contributed by atoms with Crippen LogP contribution in [-0.4, -0.2) is 75.7 Å². The van der Waals surface area contributed by atoms with Gasteiger partial charge in [-0.05, 0) is 63.6 Å². The van der Waals surface area contributed by atoms with Gasteiger partial charge in [0.15, 0.2) is 5.96 Å². The molecule has 1 saturated heterocycles. The van der Waals surface area contributed by atoms with Crippen molar-refractivity contribution in [1.82, 2.24) is 20.4 Å². The molecule has 1 fully saturated rings. The van der Waals surface area contributed by atoms with Crippen LogP contribution in [0.4, 0.5) is 0 Å². The van der Waals surface area contributed by atoms with Gasteiger partial charge < -0.3 is 20.4 Å². The number of halogens is 1. The number of guanidine groups is 1. The lowest BCUT2D eigenvalue weighted by Gasteiger charge is -2.20. The summed E-state index contributed by atoms with van der Waals surface area (Å²) in [6.07, 6.45) is 3.37. The lowest BCUT2D eigenvalue weighted by atomic mass is 10.1. The molecule has 0 unspecified atom stereocenters. The summed E-state index contributed by atoms with van der Waals surface area (Å²) in [5, 5.41) is 7.56. The number of hydrogen-bond acceptors (Lipinski definition) is 3. The molecule has 25 heavy (non-hydrogen) atoms. The zero-order valence-corrected chi connectivity index (χ0v) is 16.4. The Labute approximate surface area is 157 Å². The molecule has 1 aliphatic heterocycles. The molecule has 0 aliphatic carbocycles. The van der Waals surface area contributed by atoms with Gasteiger partial charge in [0.1, 0.15) is 0 Å². The monoisotopic (exact) mass is 365 g/mol. The van der Waals surface area contributed by atoms with Crippen LogP contribution in [0.1, 0.15) is 18.4 Å². The van der Waals surface area contributed by atoms with Crippen molar-refractivity contribution in [2.75, 3.05) is 59.9 Å². The third-order valence-corrected chi connectivity index (χ3v) is 4.85. The van der Waals surface area contributed by atoms with E-state index in [1.54, 1.807) is 0 Å². The predicted octanol–water partition coefficient (Wildman–Crippen LogP) is 2.08. The molecule has 1 aliphatic rings. The Morgan fingerprint density at radius 2 is 1.84 bits per heavy atom. The summed E-state index contributed by atoms with van der Waals surface area (Å²) in [5.74, 6) is 0.879. The van der Waals surface area contributed by atoms with Gasteiger partial charge in [0.25, 0.3) is 0 Å². The van der Waals surface area contributed by atoms with Crippen LogP contribution >= 0.6 is 11.6 Å². The molecule has 0 aromatic heterocycles. The number of nitrogens with zero attached hydrogens (tertiary/aromatic N) is 3. The minimum atomic E-state index is 0.783.